The maximum absolute atomic E-state index is 12.6. The van der Waals surface area contributed by atoms with Crippen molar-refractivity contribution in [3.8, 4) is 11.5 Å². The number of rotatable bonds is 4. The molecule has 0 radical (unpaired) electrons. The number of benzene rings is 1. The van der Waals surface area contributed by atoms with Crippen LogP contribution in [0.5, 0.6) is 11.5 Å². The molecule has 2 aromatic heterocycles. The zero-order chi connectivity index (χ0) is 18.3. The molecule has 0 spiro atoms. The highest BCUT2D eigenvalue weighted by atomic mass is 16.5. The summed E-state index contributed by atoms with van der Waals surface area (Å²) in [6, 6.07) is 10.4. The number of nitrogens with one attached hydrogen (secondary N) is 1. The van der Waals surface area contributed by atoms with Gasteiger partial charge in [-0.05, 0) is 25.1 Å². The summed E-state index contributed by atoms with van der Waals surface area (Å²) in [5.74, 6) is 1.61. The number of H-pyrrole nitrogens is 1. The molecule has 134 valence electrons. The summed E-state index contributed by atoms with van der Waals surface area (Å²) in [6.07, 6.45) is -0.135. The summed E-state index contributed by atoms with van der Waals surface area (Å²) in [5.41, 5.74) is 0.941. The summed E-state index contributed by atoms with van der Waals surface area (Å²) >= 11 is 0. The minimum atomic E-state index is -0.444. The number of carbonyl (C=O) groups is 1. The molecule has 0 atom stereocenters. The highest BCUT2D eigenvalue weighted by Crippen LogP contribution is 2.24. The van der Waals surface area contributed by atoms with Crippen LogP contribution in [0.4, 0.5) is 0 Å². The molecule has 26 heavy (non-hydrogen) atoms. The number of likely N-dealkylation sites (tertiary alicyclic amines) is 1. The highest BCUT2D eigenvalue weighted by Gasteiger charge is 2.33. The molecule has 1 amide bonds. The third kappa shape index (κ3) is 3.03. The maximum atomic E-state index is 12.6. The Kier molecular flexibility index (Phi) is 3.91. The van der Waals surface area contributed by atoms with Crippen LogP contribution in [0.15, 0.2) is 45.6 Å². The minimum Gasteiger partial charge on any atom is -0.497 e. The van der Waals surface area contributed by atoms with E-state index in [-0.39, 0.29) is 12.0 Å². The van der Waals surface area contributed by atoms with Gasteiger partial charge in [0, 0.05) is 23.0 Å². The fourth-order valence-corrected chi connectivity index (χ4v) is 3.03. The number of hydrogen-bond acceptors (Lipinski definition) is 5. The lowest BCUT2D eigenvalue weighted by Crippen LogP contribution is -2.56. The van der Waals surface area contributed by atoms with E-state index in [4.69, 9.17) is 13.9 Å². The van der Waals surface area contributed by atoms with Crippen molar-refractivity contribution in [2.24, 2.45) is 0 Å². The van der Waals surface area contributed by atoms with Gasteiger partial charge in [-0.15, -0.1) is 0 Å². The highest BCUT2D eigenvalue weighted by molar-refractivity contribution is 5.98. The fraction of sp³-hybridized carbons (Fsp3) is 0.263. The van der Waals surface area contributed by atoms with Crippen molar-refractivity contribution in [1.29, 1.82) is 0 Å². The number of amides is 1. The van der Waals surface area contributed by atoms with E-state index in [0.29, 0.717) is 30.3 Å². The molecule has 4 rings (SSSR count). The van der Waals surface area contributed by atoms with E-state index in [1.165, 1.54) is 6.07 Å². The topological polar surface area (TPSA) is 84.8 Å². The van der Waals surface area contributed by atoms with E-state index in [0.717, 1.165) is 16.7 Å². The largest absolute Gasteiger partial charge is 0.497 e. The first kappa shape index (κ1) is 16.3. The van der Waals surface area contributed by atoms with Crippen molar-refractivity contribution in [1.82, 2.24) is 9.88 Å². The normalized spacial score (nSPS) is 14.3. The standard InChI is InChI=1S/C19H18N2O5/c1-11-5-14(8-18(22)25-11)26-15-9-21(10-15)19(23)17-6-12-3-4-13(24-2)7-16(12)20-17/h3-8,15,20H,9-10H2,1-2H3. The minimum absolute atomic E-state index is 0.0798. The Morgan fingerprint density at radius 2 is 2.00 bits per heavy atom. The zero-order valence-corrected chi connectivity index (χ0v) is 14.4. The number of fused-ring (bicyclic) bond motifs is 1. The smallest absolute Gasteiger partial charge is 0.339 e. The van der Waals surface area contributed by atoms with E-state index >= 15 is 0 Å². The molecule has 7 heteroatoms. The van der Waals surface area contributed by atoms with Crippen molar-refractivity contribution < 1.29 is 18.7 Å². The zero-order valence-electron chi connectivity index (χ0n) is 14.4. The fourth-order valence-electron chi connectivity index (χ4n) is 3.03. The van der Waals surface area contributed by atoms with Crippen molar-refractivity contribution in [3.05, 3.63) is 58.3 Å². The molecule has 1 saturated heterocycles. The number of hydrogen-bond donors (Lipinski definition) is 1. The van der Waals surface area contributed by atoms with Gasteiger partial charge in [-0.2, -0.15) is 0 Å². The van der Waals surface area contributed by atoms with E-state index in [1.54, 1.807) is 25.0 Å². The molecular weight excluding hydrogens is 336 g/mol. The Balaban J connectivity index is 1.42. The maximum Gasteiger partial charge on any atom is 0.339 e. The number of aromatic amines is 1. The van der Waals surface area contributed by atoms with Crippen LogP contribution < -0.4 is 15.1 Å². The lowest BCUT2D eigenvalue weighted by atomic mass is 10.1. The van der Waals surface area contributed by atoms with Gasteiger partial charge in [0.05, 0.1) is 26.3 Å². The Bertz CT molecular complexity index is 1030. The summed E-state index contributed by atoms with van der Waals surface area (Å²) in [4.78, 5) is 28.8. The first-order valence-corrected chi connectivity index (χ1v) is 8.26. The molecule has 0 bridgehead atoms. The molecule has 0 saturated carbocycles. The van der Waals surface area contributed by atoms with Gasteiger partial charge in [0.1, 0.15) is 29.1 Å². The molecule has 1 aliphatic rings. The van der Waals surface area contributed by atoms with Crippen LogP contribution in [0.2, 0.25) is 0 Å². The summed E-state index contributed by atoms with van der Waals surface area (Å²) in [7, 11) is 1.61. The molecule has 1 fully saturated rings. The monoisotopic (exact) mass is 354 g/mol. The number of nitrogens with zero attached hydrogens (tertiary/aromatic N) is 1. The van der Waals surface area contributed by atoms with Gasteiger partial charge >= 0.3 is 5.63 Å². The Morgan fingerprint density at radius 3 is 2.73 bits per heavy atom. The van der Waals surface area contributed by atoms with Crippen molar-refractivity contribution >= 4 is 16.8 Å². The van der Waals surface area contributed by atoms with Gasteiger partial charge < -0.3 is 23.8 Å². The average molecular weight is 354 g/mol. The first-order chi connectivity index (χ1) is 12.5. The quantitative estimate of drug-likeness (QED) is 0.777. The van der Waals surface area contributed by atoms with E-state index in [9.17, 15) is 9.59 Å². The van der Waals surface area contributed by atoms with Crippen molar-refractivity contribution in [2.75, 3.05) is 20.2 Å². The molecular formula is C19H18N2O5. The van der Waals surface area contributed by atoms with Crippen LogP contribution in [0.3, 0.4) is 0 Å². The molecule has 7 nitrogen and oxygen atoms in total. The van der Waals surface area contributed by atoms with Gasteiger partial charge in [-0.3, -0.25) is 4.79 Å². The Labute approximate surface area is 149 Å². The van der Waals surface area contributed by atoms with Crippen LogP contribution in [-0.4, -0.2) is 42.1 Å². The Hall–Kier alpha value is -3.22. The van der Waals surface area contributed by atoms with Crippen molar-refractivity contribution in [3.63, 3.8) is 0 Å². The molecule has 1 N–H and O–H groups in total. The SMILES string of the molecule is COc1ccc2cc(C(=O)N3CC(Oc4cc(C)oc(=O)c4)C3)[nH]c2c1. The third-order valence-corrected chi connectivity index (χ3v) is 4.37. The molecule has 0 aliphatic carbocycles. The molecule has 3 heterocycles. The predicted octanol–water partition coefficient (Wildman–Crippen LogP) is 2.34. The van der Waals surface area contributed by atoms with Gasteiger partial charge in [0.15, 0.2) is 0 Å². The van der Waals surface area contributed by atoms with Gasteiger partial charge in [-0.1, -0.05) is 0 Å². The molecule has 0 unspecified atom stereocenters. The number of methoxy groups -OCH3 is 1. The second-order valence-electron chi connectivity index (χ2n) is 6.31. The second kappa shape index (κ2) is 6.25. The average Bonchev–Trinajstić information content (AvgIpc) is 2.99. The van der Waals surface area contributed by atoms with Crippen LogP contribution in [0.1, 0.15) is 16.2 Å². The van der Waals surface area contributed by atoms with Crippen LogP contribution in [-0.2, 0) is 0 Å². The summed E-state index contributed by atoms with van der Waals surface area (Å²) < 4.78 is 15.8. The number of ether oxygens (including phenoxy) is 2. The van der Waals surface area contributed by atoms with Crippen LogP contribution in [0, 0.1) is 6.92 Å². The van der Waals surface area contributed by atoms with Crippen LogP contribution >= 0.6 is 0 Å². The van der Waals surface area contributed by atoms with E-state index in [1.807, 2.05) is 24.3 Å². The Morgan fingerprint density at radius 1 is 1.19 bits per heavy atom. The second-order valence-corrected chi connectivity index (χ2v) is 6.31. The lowest BCUT2D eigenvalue weighted by Gasteiger charge is -2.38. The van der Waals surface area contributed by atoms with Crippen LogP contribution in [0.25, 0.3) is 10.9 Å². The summed E-state index contributed by atoms with van der Waals surface area (Å²) in [6.45, 7) is 2.63. The number of carbonyl (C=O) groups excluding carboxylic acids is 1. The van der Waals surface area contributed by atoms with Gasteiger partial charge in [0.25, 0.3) is 5.91 Å². The molecule has 1 aromatic carbocycles. The van der Waals surface area contributed by atoms with Gasteiger partial charge in [-0.25, -0.2) is 4.79 Å². The van der Waals surface area contributed by atoms with Gasteiger partial charge in [0.2, 0.25) is 0 Å². The predicted molar refractivity (Wildman–Crippen MR) is 94.9 cm³/mol. The lowest BCUT2D eigenvalue weighted by molar-refractivity contribution is 0.0171. The van der Waals surface area contributed by atoms with E-state index in [2.05, 4.69) is 4.98 Å². The molecule has 3 aromatic rings. The summed E-state index contributed by atoms with van der Waals surface area (Å²) in [5, 5.41) is 0.953. The first-order valence-electron chi connectivity index (χ1n) is 8.26. The third-order valence-electron chi connectivity index (χ3n) is 4.37. The number of aromatic nitrogens is 1. The molecule has 1 aliphatic heterocycles. The van der Waals surface area contributed by atoms with E-state index < -0.39 is 5.63 Å². The van der Waals surface area contributed by atoms with Crippen molar-refractivity contribution in [2.45, 2.75) is 13.0 Å². The number of aryl methyl sites for hydroxylation is 1.